The fraction of sp³-hybridized carbons (Fsp3) is 0.174. The van der Waals surface area contributed by atoms with Crippen LogP contribution in [0.15, 0.2) is 60.2 Å². The van der Waals surface area contributed by atoms with Crippen molar-refractivity contribution < 1.29 is 14.3 Å². The van der Waals surface area contributed by atoms with Gasteiger partial charge in [-0.2, -0.15) is 0 Å². The van der Waals surface area contributed by atoms with Gasteiger partial charge in [0.05, 0.1) is 7.11 Å². The quantitative estimate of drug-likeness (QED) is 0.272. The maximum atomic E-state index is 12.2. The molecule has 0 radical (unpaired) electrons. The normalized spacial score (nSPS) is 12.0. The summed E-state index contributed by atoms with van der Waals surface area (Å²) < 4.78 is 10.9. The van der Waals surface area contributed by atoms with E-state index in [1.54, 1.807) is 12.1 Å². The van der Waals surface area contributed by atoms with Crippen LogP contribution >= 0.6 is 0 Å². The van der Waals surface area contributed by atoms with Crippen LogP contribution < -0.4 is 5.73 Å². The summed E-state index contributed by atoms with van der Waals surface area (Å²) in [4.78, 5) is 12.2. The molecule has 0 saturated heterocycles. The largest absolute Gasteiger partial charge is 0.487 e. The Kier molecular flexibility index (Phi) is 6.85. The van der Waals surface area contributed by atoms with Crippen LogP contribution in [0.1, 0.15) is 30.5 Å². The summed E-state index contributed by atoms with van der Waals surface area (Å²) in [6.45, 7) is 4.15. The molecule has 0 aliphatic heterocycles. The van der Waals surface area contributed by atoms with E-state index in [0.29, 0.717) is 17.0 Å². The molecule has 0 aliphatic rings. The molecular weight excluding hydrogens is 338 g/mol. The third-order valence-electron chi connectivity index (χ3n) is 4.13. The molecule has 0 fully saturated rings. The van der Waals surface area contributed by atoms with E-state index in [2.05, 4.69) is 5.92 Å². The zero-order valence-electron chi connectivity index (χ0n) is 15.8. The number of methoxy groups -OCH3 is 1. The van der Waals surface area contributed by atoms with Crippen LogP contribution in [-0.4, -0.2) is 13.1 Å². The molecule has 2 aromatic rings. The van der Waals surface area contributed by atoms with Crippen molar-refractivity contribution in [3.05, 3.63) is 76.9 Å². The molecule has 2 rings (SSSR count). The minimum atomic E-state index is -0.624. The number of nitrogen functional groups attached to an aromatic ring is 1. The van der Waals surface area contributed by atoms with Gasteiger partial charge in [0, 0.05) is 11.3 Å². The van der Waals surface area contributed by atoms with Gasteiger partial charge in [-0.3, -0.25) is 0 Å². The zero-order chi connectivity index (χ0) is 19.8. The summed E-state index contributed by atoms with van der Waals surface area (Å²) in [6.07, 6.45) is 7.58. The molecule has 0 unspecified atom stereocenters. The Balaban J connectivity index is 2.62. The van der Waals surface area contributed by atoms with Gasteiger partial charge in [0.2, 0.25) is 0 Å². The third kappa shape index (κ3) is 4.80. The predicted octanol–water partition coefficient (Wildman–Crippen LogP) is 4.43. The number of allylic oxidation sites excluding steroid dienone is 2. The number of terminal acetylenes is 1. The number of hydrogen-bond acceptors (Lipinski definition) is 4. The van der Waals surface area contributed by atoms with Gasteiger partial charge in [-0.1, -0.05) is 42.3 Å². The molecule has 138 valence electrons. The Labute approximate surface area is 160 Å². The molecule has 0 bridgehead atoms. The molecule has 27 heavy (non-hydrogen) atoms. The van der Waals surface area contributed by atoms with Gasteiger partial charge in [-0.05, 0) is 48.7 Å². The second kappa shape index (κ2) is 9.30. The Morgan fingerprint density at radius 2 is 1.89 bits per heavy atom. The third-order valence-corrected chi connectivity index (χ3v) is 4.13. The second-order valence-electron chi connectivity index (χ2n) is 5.89. The van der Waals surface area contributed by atoms with E-state index in [1.807, 2.05) is 56.3 Å². The van der Waals surface area contributed by atoms with E-state index >= 15 is 0 Å². The molecule has 2 N–H and O–H groups in total. The van der Waals surface area contributed by atoms with Crippen molar-refractivity contribution in [1.29, 1.82) is 0 Å². The van der Waals surface area contributed by atoms with E-state index in [1.165, 1.54) is 7.11 Å². The summed E-state index contributed by atoms with van der Waals surface area (Å²) in [5.74, 6) is 2.09. The van der Waals surface area contributed by atoms with Gasteiger partial charge in [0.15, 0.2) is 11.3 Å². The highest BCUT2D eigenvalue weighted by molar-refractivity contribution is 6.01. The number of rotatable bonds is 6. The molecule has 2 aromatic carbocycles. The van der Waals surface area contributed by atoms with Crippen molar-refractivity contribution in [2.24, 2.45) is 0 Å². The van der Waals surface area contributed by atoms with Crippen LogP contribution in [0.3, 0.4) is 0 Å². The molecule has 0 amide bonds. The highest BCUT2D eigenvalue weighted by atomic mass is 16.5. The Morgan fingerprint density at radius 1 is 1.19 bits per heavy atom. The van der Waals surface area contributed by atoms with Crippen LogP contribution in [0.4, 0.5) is 5.69 Å². The smallest absolute Gasteiger partial charge is 0.350 e. The van der Waals surface area contributed by atoms with E-state index in [9.17, 15) is 4.79 Å². The first kappa shape index (κ1) is 19.9. The van der Waals surface area contributed by atoms with Crippen LogP contribution in [0.2, 0.25) is 0 Å². The number of carbonyl (C=O) groups excluding carboxylic acids is 1. The first-order valence-corrected chi connectivity index (χ1v) is 8.50. The number of anilines is 1. The van der Waals surface area contributed by atoms with Crippen molar-refractivity contribution in [2.45, 2.75) is 20.5 Å². The lowest BCUT2D eigenvalue weighted by Crippen LogP contribution is -2.09. The predicted molar refractivity (Wildman–Crippen MR) is 109 cm³/mol. The Hall–Kier alpha value is -3.45. The fourth-order valence-electron chi connectivity index (χ4n) is 2.58. The van der Waals surface area contributed by atoms with E-state index in [4.69, 9.17) is 21.6 Å². The minimum Gasteiger partial charge on any atom is -0.487 e. The van der Waals surface area contributed by atoms with Gasteiger partial charge < -0.3 is 15.2 Å². The summed E-state index contributed by atoms with van der Waals surface area (Å²) >= 11 is 0. The molecule has 4 heteroatoms. The molecule has 0 atom stereocenters. The molecule has 0 aromatic heterocycles. The standard InChI is InChI=1S/C23H23NO3/c1-5-16(3)21-14-18(24)12-13-20(21)22(19(6-2)23(25)26-4)27-15-17-10-8-7-9-11-17/h2,5,7-14H,15,24H2,1,3-4H3/b16-5-,22-19-. The molecule has 4 nitrogen and oxygen atoms in total. The minimum absolute atomic E-state index is 0.0309. The maximum Gasteiger partial charge on any atom is 0.350 e. The van der Waals surface area contributed by atoms with E-state index in [-0.39, 0.29) is 12.2 Å². The van der Waals surface area contributed by atoms with Crippen molar-refractivity contribution in [3.63, 3.8) is 0 Å². The van der Waals surface area contributed by atoms with Crippen LogP contribution in [0.25, 0.3) is 11.3 Å². The number of hydrogen-bond donors (Lipinski definition) is 1. The first-order valence-electron chi connectivity index (χ1n) is 8.50. The monoisotopic (exact) mass is 361 g/mol. The highest BCUT2D eigenvalue weighted by Gasteiger charge is 2.21. The molecule has 0 saturated carbocycles. The van der Waals surface area contributed by atoms with Crippen molar-refractivity contribution >= 4 is 23.0 Å². The number of esters is 1. The average molecular weight is 361 g/mol. The topological polar surface area (TPSA) is 61.5 Å². The summed E-state index contributed by atoms with van der Waals surface area (Å²) in [7, 11) is 1.29. The van der Waals surface area contributed by atoms with Gasteiger partial charge >= 0.3 is 5.97 Å². The molecule has 0 heterocycles. The number of carbonyl (C=O) groups is 1. The Morgan fingerprint density at radius 3 is 2.48 bits per heavy atom. The summed E-state index contributed by atoms with van der Waals surface area (Å²) in [5, 5.41) is 0. The number of benzene rings is 2. The lowest BCUT2D eigenvalue weighted by Gasteiger charge is -2.17. The van der Waals surface area contributed by atoms with Crippen LogP contribution in [0, 0.1) is 12.3 Å². The number of ether oxygens (including phenoxy) is 2. The van der Waals surface area contributed by atoms with Crippen molar-refractivity contribution in [1.82, 2.24) is 0 Å². The molecule has 0 aliphatic carbocycles. The lowest BCUT2D eigenvalue weighted by molar-refractivity contribution is -0.135. The van der Waals surface area contributed by atoms with E-state index < -0.39 is 5.97 Å². The molecular formula is C23H23NO3. The van der Waals surface area contributed by atoms with Crippen molar-refractivity contribution in [2.75, 3.05) is 12.8 Å². The zero-order valence-corrected chi connectivity index (χ0v) is 15.8. The van der Waals surface area contributed by atoms with E-state index in [0.717, 1.165) is 16.7 Å². The first-order chi connectivity index (χ1) is 13.0. The maximum absolute atomic E-state index is 12.2. The number of nitrogens with two attached hydrogens (primary N) is 1. The van der Waals surface area contributed by atoms with Gasteiger partial charge in [0.1, 0.15) is 6.61 Å². The molecule has 0 spiro atoms. The SMILES string of the molecule is C#C/C(C(=O)OC)=C(/OCc1ccccc1)c1ccc(N)cc1/C(C)=C\C. The van der Waals surface area contributed by atoms with Gasteiger partial charge in [-0.25, -0.2) is 4.79 Å². The average Bonchev–Trinajstić information content (AvgIpc) is 2.71. The van der Waals surface area contributed by atoms with Crippen LogP contribution in [0.5, 0.6) is 0 Å². The van der Waals surface area contributed by atoms with Crippen molar-refractivity contribution in [3.8, 4) is 12.3 Å². The van der Waals surface area contributed by atoms with Crippen LogP contribution in [-0.2, 0) is 20.9 Å². The second-order valence-corrected chi connectivity index (χ2v) is 5.89. The van der Waals surface area contributed by atoms with Gasteiger partial charge in [0.25, 0.3) is 0 Å². The van der Waals surface area contributed by atoms with Gasteiger partial charge in [-0.15, -0.1) is 6.42 Å². The summed E-state index contributed by atoms with van der Waals surface area (Å²) in [5.41, 5.74) is 10.1. The fourth-order valence-corrected chi connectivity index (χ4v) is 2.58. The Bertz CT molecular complexity index is 918. The highest BCUT2D eigenvalue weighted by Crippen LogP contribution is 2.31. The lowest BCUT2D eigenvalue weighted by atomic mass is 9.96. The summed E-state index contributed by atoms with van der Waals surface area (Å²) in [6, 6.07) is 15.0.